The number of hydrogen-bond acceptors (Lipinski definition) is 4. The molecule has 114 valence electrons. The van der Waals surface area contributed by atoms with Gasteiger partial charge >= 0.3 is 5.97 Å². The molecule has 2 rings (SSSR count). The third-order valence-electron chi connectivity index (χ3n) is 4.48. The van der Waals surface area contributed by atoms with Gasteiger partial charge in [-0.25, -0.2) is 0 Å². The Balaban J connectivity index is 2.14. The Kier molecular flexibility index (Phi) is 5.61. The molecular weight excluding hydrogens is 252 g/mol. The molecule has 0 saturated carbocycles. The van der Waals surface area contributed by atoms with Crippen molar-refractivity contribution in [3.63, 3.8) is 0 Å². The maximum absolute atomic E-state index is 12.3. The molecule has 0 bridgehead atoms. The van der Waals surface area contributed by atoms with Gasteiger partial charge in [-0.15, -0.1) is 0 Å². The number of rotatable bonds is 3. The highest BCUT2D eigenvalue weighted by atomic mass is 16.5. The first-order valence-corrected chi connectivity index (χ1v) is 7.81. The molecule has 0 spiro atoms. The summed E-state index contributed by atoms with van der Waals surface area (Å²) in [5.74, 6) is 0.894. The number of carbonyl (C=O) groups is 1. The number of nitrogens with one attached hydrogen (secondary N) is 1. The van der Waals surface area contributed by atoms with Crippen LogP contribution in [0.15, 0.2) is 11.6 Å². The zero-order chi connectivity index (χ0) is 14.5. The molecule has 4 heteroatoms. The molecule has 1 N–H and O–H groups in total. The molecule has 1 aliphatic carbocycles. The fourth-order valence-corrected chi connectivity index (χ4v) is 3.74. The van der Waals surface area contributed by atoms with Gasteiger partial charge in [0.1, 0.15) is 6.04 Å². The maximum atomic E-state index is 12.3. The van der Waals surface area contributed by atoms with Gasteiger partial charge in [0, 0.05) is 19.6 Å². The Hall–Kier alpha value is -0.870. The number of allylic oxidation sites excluding steroid dienone is 2. The highest BCUT2D eigenvalue weighted by molar-refractivity contribution is 5.76. The number of methoxy groups -OCH3 is 1. The number of nitrogens with zero attached hydrogens (tertiary/aromatic N) is 1. The van der Waals surface area contributed by atoms with Crippen LogP contribution in [-0.4, -0.2) is 50.2 Å². The largest absolute Gasteiger partial charge is 0.468 e. The van der Waals surface area contributed by atoms with Crippen LogP contribution >= 0.6 is 0 Å². The van der Waals surface area contributed by atoms with Crippen molar-refractivity contribution >= 4 is 5.97 Å². The lowest BCUT2D eigenvalue weighted by Crippen LogP contribution is -2.49. The fraction of sp³-hybridized carbons (Fsp3) is 0.812. The molecular formula is C16H28N2O2. The number of esters is 1. The Labute approximate surface area is 122 Å². The Morgan fingerprint density at radius 2 is 2.25 bits per heavy atom. The van der Waals surface area contributed by atoms with Crippen LogP contribution in [0.4, 0.5) is 0 Å². The minimum Gasteiger partial charge on any atom is -0.468 e. The lowest BCUT2D eigenvalue weighted by molar-refractivity contribution is -0.149. The van der Waals surface area contributed by atoms with Gasteiger partial charge in [0.2, 0.25) is 0 Å². The first-order chi connectivity index (χ1) is 9.61. The Morgan fingerprint density at radius 3 is 2.95 bits per heavy atom. The van der Waals surface area contributed by atoms with Crippen LogP contribution in [-0.2, 0) is 9.53 Å². The summed E-state index contributed by atoms with van der Waals surface area (Å²) in [6, 6.07) is -0.0778. The van der Waals surface area contributed by atoms with Gasteiger partial charge in [-0.3, -0.25) is 9.69 Å². The molecule has 0 radical (unpaired) electrons. The zero-order valence-corrected chi connectivity index (χ0v) is 13.0. The average Bonchev–Trinajstić information content (AvgIpc) is 2.67. The van der Waals surface area contributed by atoms with E-state index in [9.17, 15) is 4.79 Å². The second-order valence-corrected chi connectivity index (χ2v) is 6.30. The lowest BCUT2D eigenvalue weighted by Gasteiger charge is -2.37. The van der Waals surface area contributed by atoms with Crippen LogP contribution in [0.2, 0.25) is 0 Å². The molecule has 4 nitrogen and oxygen atoms in total. The zero-order valence-electron chi connectivity index (χ0n) is 13.0. The van der Waals surface area contributed by atoms with Crippen molar-refractivity contribution in [1.82, 2.24) is 10.2 Å². The van der Waals surface area contributed by atoms with Crippen LogP contribution in [0.3, 0.4) is 0 Å². The summed E-state index contributed by atoms with van der Waals surface area (Å²) < 4.78 is 5.11. The highest BCUT2D eigenvalue weighted by Gasteiger charge is 2.36. The van der Waals surface area contributed by atoms with Gasteiger partial charge in [-0.05, 0) is 44.6 Å². The molecule has 3 unspecified atom stereocenters. The van der Waals surface area contributed by atoms with E-state index >= 15 is 0 Å². The van der Waals surface area contributed by atoms with Crippen molar-refractivity contribution < 1.29 is 9.53 Å². The lowest BCUT2D eigenvalue weighted by atomic mass is 9.79. The van der Waals surface area contributed by atoms with E-state index in [1.165, 1.54) is 12.7 Å². The monoisotopic (exact) mass is 280 g/mol. The molecule has 1 heterocycles. The molecule has 1 fully saturated rings. The van der Waals surface area contributed by atoms with Gasteiger partial charge in [-0.2, -0.15) is 0 Å². The summed E-state index contributed by atoms with van der Waals surface area (Å²) in [5, 5.41) is 3.40. The molecule has 0 aromatic carbocycles. The van der Waals surface area contributed by atoms with Crippen LogP contribution in [0.5, 0.6) is 0 Å². The standard InChI is InChI=1S/C16H28N2O2/c1-12-9-13(2)11-14(10-12)15(16(19)20-3)18-7-4-5-17-6-8-18/h9,12,14-15,17H,4-8,10-11H2,1-3H3. The first-order valence-electron chi connectivity index (χ1n) is 7.81. The molecule has 0 aromatic heterocycles. The quantitative estimate of drug-likeness (QED) is 0.632. The van der Waals surface area contributed by atoms with E-state index in [4.69, 9.17) is 4.74 Å². The summed E-state index contributed by atoms with van der Waals surface area (Å²) in [7, 11) is 1.51. The van der Waals surface area contributed by atoms with Crippen molar-refractivity contribution in [3.8, 4) is 0 Å². The second-order valence-electron chi connectivity index (χ2n) is 6.30. The molecule has 20 heavy (non-hydrogen) atoms. The smallest absolute Gasteiger partial charge is 0.323 e. The van der Waals surface area contributed by atoms with E-state index in [1.807, 2.05) is 0 Å². The van der Waals surface area contributed by atoms with Gasteiger partial charge in [0.05, 0.1) is 7.11 Å². The van der Waals surface area contributed by atoms with Gasteiger partial charge in [0.25, 0.3) is 0 Å². The van der Waals surface area contributed by atoms with Crippen LogP contribution < -0.4 is 5.32 Å². The Bertz CT molecular complexity index is 359. The van der Waals surface area contributed by atoms with E-state index in [0.29, 0.717) is 11.8 Å². The summed E-state index contributed by atoms with van der Waals surface area (Å²) in [6.45, 7) is 8.36. The first kappa shape index (κ1) is 15.5. The summed E-state index contributed by atoms with van der Waals surface area (Å²) >= 11 is 0. The normalized spacial score (nSPS) is 30.2. The fourth-order valence-electron chi connectivity index (χ4n) is 3.74. The van der Waals surface area contributed by atoms with Gasteiger partial charge in [0.15, 0.2) is 0 Å². The minimum absolute atomic E-state index is 0.0567. The third kappa shape index (κ3) is 3.83. The van der Waals surface area contributed by atoms with Crippen molar-refractivity contribution in [2.24, 2.45) is 11.8 Å². The predicted molar refractivity (Wildman–Crippen MR) is 80.5 cm³/mol. The molecule has 1 aliphatic heterocycles. The maximum Gasteiger partial charge on any atom is 0.323 e. The van der Waals surface area contributed by atoms with Crippen molar-refractivity contribution in [3.05, 3.63) is 11.6 Å². The molecule has 2 aliphatic rings. The summed E-state index contributed by atoms with van der Waals surface area (Å²) in [6.07, 6.45) is 5.55. The predicted octanol–water partition coefficient (Wildman–Crippen LogP) is 1.82. The van der Waals surface area contributed by atoms with Gasteiger partial charge in [-0.1, -0.05) is 18.6 Å². The SMILES string of the molecule is COC(=O)C(C1CC(C)=CC(C)C1)N1CCCNCC1. The van der Waals surface area contributed by atoms with Crippen LogP contribution in [0, 0.1) is 11.8 Å². The topological polar surface area (TPSA) is 41.6 Å². The van der Waals surface area contributed by atoms with Crippen LogP contribution in [0.1, 0.15) is 33.1 Å². The van der Waals surface area contributed by atoms with E-state index in [-0.39, 0.29) is 12.0 Å². The molecule has 1 saturated heterocycles. The molecule has 0 amide bonds. The summed E-state index contributed by atoms with van der Waals surface area (Å²) in [4.78, 5) is 14.7. The average molecular weight is 280 g/mol. The van der Waals surface area contributed by atoms with Crippen LogP contribution in [0.25, 0.3) is 0 Å². The Morgan fingerprint density at radius 1 is 1.45 bits per heavy atom. The van der Waals surface area contributed by atoms with E-state index in [2.05, 4.69) is 30.1 Å². The van der Waals surface area contributed by atoms with Crippen molar-refractivity contribution in [2.75, 3.05) is 33.3 Å². The molecule has 0 aromatic rings. The number of hydrogen-bond donors (Lipinski definition) is 1. The summed E-state index contributed by atoms with van der Waals surface area (Å²) in [5.41, 5.74) is 1.41. The third-order valence-corrected chi connectivity index (χ3v) is 4.48. The minimum atomic E-state index is -0.0778. The number of ether oxygens (including phenoxy) is 1. The van der Waals surface area contributed by atoms with E-state index in [0.717, 1.165) is 45.4 Å². The van der Waals surface area contributed by atoms with E-state index in [1.54, 1.807) is 0 Å². The second kappa shape index (κ2) is 7.23. The van der Waals surface area contributed by atoms with Crippen molar-refractivity contribution in [2.45, 2.75) is 39.2 Å². The molecule has 3 atom stereocenters. The van der Waals surface area contributed by atoms with Crippen molar-refractivity contribution in [1.29, 1.82) is 0 Å². The number of carbonyl (C=O) groups excluding carboxylic acids is 1. The van der Waals surface area contributed by atoms with E-state index < -0.39 is 0 Å². The highest BCUT2D eigenvalue weighted by Crippen LogP contribution is 2.33. The van der Waals surface area contributed by atoms with Gasteiger partial charge < -0.3 is 10.1 Å².